The maximum atomic E-state index is 13.2. The predicted molar refractivity (Wildman–Crippen MR) is 91.5 cm³/mol. The summed E-state index contributed by atoms with van der Waals surface area (Å²) < 4.78 is 13.2. The summed E-state index contributed by atoms with van der Waals surface area (Å²) in [6.45, 7) is 5.13. The number of aryl methyl sites for hydroxylation is 1. The van der Waals surface area contributed by atoms with Gasteiger partial charge in [0.25, 0.3) is 0 Å². The summed E-state index contributed by atoms with van der Waals surface area (Å²) in [6, 6.07) is 5.13. The molecular weight excluding hydrogens is 261 g/mol. The maximum Gasteiger partial charge on any atom is 0.125 e. The van der Waals surface area contributed by atoms with Crippen molar-refractivity contribution < 1.29 is 4.39 Å². The number of anilines is 1. The van der Waals surface area contributed by atoms with E-state index in [9.17, 15) is 4.39 Å². The van der Waals surface area contributed by atoms with Gasteiger partial charge < -0.3 is 5.32 Å². The van der Waals surface area contributed by atoms with Crippen LogP contribution >= 0.6 is 0 Å². The maximum absolute atomic E-state index is 13.2. The molecule has 0 saturated carbocycles. The molecule has 2 heteroatoms. The first kappa shape index (κ1) is 18.0. The normalized spacial score (nSPS) is 10.8. The minimum absolute atomic E-state index is 0.152. The summed E-state index contributed by atoms with van der Waals surface area (Å²) >= 11 is 0. The first-order chi connectivity index (χ1) is 10.2. The molecule has 1 aromatic rings. The Hall–Kier alpha value is -1.05. The average Bonchev–Trinajstić information content (AvgIpc) is 2.44. The lowest BCUT2D eigenvalue weighted by Crippen LogP contribution is -2.02. The van der Waals surface area contributed by atoms with Crippen LogP contribution in [0.25, 0.3) is 0 Å². The Bertz CT molecular complexity index is 356. The van der Waals surface area contributed by atoms with E-state index in [0.29, 0.717) is 0 Å². The van der Waals surface area contributed by atoms with Gasteiger partial charge in [-0.1, -0.05) is 64.7 Å². The van der Waals surface area contributed by atoms with Crippen LogP contribution in [0.2, 0.25) is 0 Å². The van der Waals surface area contributed by atoms with Crippen LogP contribution in [0.3, 0.4) is 0 Å². The molecule has 0 radical (unpaired) electrons. The zero-order valence-electron chi connectivity index (χ0n) is 13.9. The molecule has 0 spiro atoms. The van der Waals surface area contributed by atoms with Crippen molar-refractivity contribution in [2.24, 2.45) is 0 Å². The van der Waals surface area contributed by atoms with Crippen LogP contribution < -0.4 is 5.32 Å². The standard InChI is InChI=1S/C19H32FN/c1-3-4-5-6-7-8-9-10-11-12-13-21-19-15-17(2)14-18(20)16-19/h14-16,21H,3-13H2,1-2H3. The van der Waals surface area contributed by atoms with Crippen molar-refractivity contribution >= 4 is 5.69 Å². The molecule has 1 nitrogen and oxygen atoms in total. The van der Waals surface area contributed by atoms with Crippen molar-refractivity contribution in [1.29, 1.82) is 0 Å². The van der Waals surface area contributed by atoms with Gasteiger partial charge in [-0.25, -0.2) is 4.39 Å². The van der Waals surface area contributed by atoms with E-state index in [-0.39, 0.29) is 5.82 Å². The highest BCUT2D eigenvalue weighted by atomic mass is 19.1. The number of unbranched alkanes of at least 4 members (excludes halogenated alkanes) is 9. The van der Waals surface area contributed by atoms with Gasteiger partial charge in [0, 0.05) is 12.2 Å². The van der Waals surface area contributed by atoms with Gasteiger partial charge in [0.1, 0.15) is 5.82 Å². The SMILES string of the molecule is CCCCCCCCCCCCNc1cc(C)cc(F)c1. The molecule has 0 unspecified atom stereocenters. The fourth-order valence-electron chi connectivity index (χ4n) is 2.68. The van der Waals surface area contributed by atoms with Crippen LogP contribution in [0.4, 0.5) is 10.1 Å². The number of halogens is 1. The van der Waals surface area contributed by atoms with Gasteiger partial charge in [0.15, 0.2) is 0 Å². The molecule has 120 valence electrons. The molecule has 1 N–H and O–H groups in total. The van der Waals surface area contributed by atoms with Gasteiger partial charge in [-0.15, -0.1) is 0 Å². The fourth-order valence-corrected chi connectivity index (χ4v) is 2.68. The van der Waals surface area contributed by atoms with E-state index in [4.69, 9.17) is 0 Å². The Morgan fingerprint density at radius 2 is 1.38 bits per heavy atom. The quantitative estimate of drug-likeness (QED) is 0.436. The Balaban J connectivity index is 1.93. The van der Waals surface area contributed by atoms with E-state index in [0.717, 1.165) is 17.8 Å². The van der Waals surface area contributed by atoms with E-state index in [1.807, 2.05) is 13.0 Å². The Labute approximate surface area is 130 Å². The van der Waals surface area contributed by atoms with Gasteiger partial charge in [-0.2, -0.15) is 0 Å². The molecule has 0 fully saturated rings. The average molecular weight is 293 g/mol. The number of rotatable bonds is 12. The highest BCUT2D eigenvalue weighted by molar-refractivity contribution is 5.45. The topological polar surface area (TPSA) is 12.0 Å². The minimum atomic E-state index is -0.152. The number of benzene rings is 1. The lowest BCUT2D eigenvalue weighted by atomic mass is 10.1. The number of hydrogen-bond acceptors (Lipinski definition) is 1. The molecule has 0 heterocycles. The smallest absolute Gasteiger partial charge is 0.125 e. The summed E-state index contributed by atoms with van der Waals surface area (Å²) in [7, 11) is 0. The fraction of sp³-hybridized carbons (Fsp3) is 0.684. The predicted octanol–water partition coefficient (Wildman–Crippen LogP) is 6.47. The molecule has 0 atom stereocenters. The first-order valence-electron chi connectivity index (χ1n) is 8.73. The highest BCUT2D eigenvalue weighted by Crippen LogP contribution is 2.14. The van der Waals surface area contributed by atoms with Crippen molar-refractivity contribution in [1.82, 2.24) is 0 Å². The molecule has 0 amide bonds. The van der Waals surface area contributed by atoms with Crippen molar-refractivity contribution in [2.75, 3.05) is 11.9 Å². The van der Waals surface area contributed by atoms with Gasteiger partial charge in [-0.3, -0.25) is 0 Å². The largest absolute Gasteiger partial charge is 0.385 e. The molecule has 21 heavy (non-hydrogen) atoms. The van der Waals surface area contributed by atoms with Gasteiger partial charge >= 0.3 is 0 Å². The first-order valence-corrected chi connectivity index (χ1v) is 8.73. The Morgan fingerprint density at radius 1 is 0.810 bits per heavy atom. The van der Waals surface area contributed by atoms with Crippen molar-refractivity contribution in [2.45, 2.75) is 78.1 Å². The molecule has 0 aliphatic rings. The summed E-state index contributed by atoms with van der Waals surface area (Å²) in [5.41, 5.74) is 1.88. The summed E-state index contributed by atoms with van der Waals surface area (Å²) in [4.78, 5) is 0. The molecule has 0 bridgehead atoms. The van der Waals surface area contributed by atoms with E-state index in [2.05, 4.69) is 12.2 Å². The number of nitrogens with one attached hydrogen (secondary N) is 1. The Morgan fingerprint density at radius 3 is 1.95 bits per heavy atom. The van der Waals surface area contributed by atoms with Gasteiger partial charge in [0.2, 0.25) is 0 Å². The lowest BCUT2D eigenvalue weighted by Gasteiger charge is -2.07. The third kappa shape index (κ3) is 9.49. The van der Waals surface area contributed by atoms with Crippen LogP contribution in [0, 0.1) is 12.7 Å². The van der Waals surface area contributed by atoms with Gasteiger partial charge in [-0.05, 0) is 37.1 Å². The van der Waals surface area contributed by atoms with Crippen LogP contribution in [0.15, 0.2) is 18.2 Å². The second-order valence-electron chi connectivity index (χ2n) is 6.13. The summed E-state index contributed by atoms with van der Waals surface area (Å²) in [6.07, 6.45) is 13.5. The van der Waals surface area contributed by atoms with Crippen LogP contribution in [0.5, 0.6) is 0 Å². The third-order valence-electron chi connectivity index (χ3n) is 3.90. The van der Waals surface area contributed by atoms with Crippen molar-refractivity contribution in [3.63, 3.8) is 0 Å². The zero-order valence-corrected chi connectivity index (χ0v) is 13.9. The second kappa shape index (κ2) is 11.6. The second-order valence-corrected chi connectivity index (χ2v) is 6.13. The van der Waals surface area contributed by atoms with E-state index in [1.165, 1.54) is 64.2 Å². The molecular formula is C19H32FN. The molecule has 0 saturated heterocycles. The van der Waals surface area contributed by atoms with E-state index in [1.54, 1.807) is 12.1 Å². The lowest BCUT2D eigenvalue weighted by molar-refractivity contribution is 0.560. The number of hydrogen-bond donors (Lipinski definition) is 1. The molecule has 0 aliphatic carbocycles. The van der Waals surface area contributed by atoms with Crippen molar-refractivity contribution in [3.8, 4) is 0 Å². The van der Waals surface area contributed by atoms with Crippen LogP contribution in [-0.4, -0.2) is 6.54 Å². The summed E-state index contributed by atoms with van der Waals surface area (Å²) in [5, 5.41) is 3.31. The molecule has 1 rings (SSSR count). The van der Waals surface area contributed by atoms with Crippen LogP contribution in [-0.2, 0) is 0 Å². The molecule has 0 aliphatic heterocycles. The Kier molecular flexibility index (Phi) is 9.94. The monoisotopic (exact) mass is 293 g/mol. The van der Waals surface area contributed by atoms with E-state index >= 15 is 0 Å². The highest BCUT2D eigenvalue weighted by Gasteiger charge is 1.97. The van der Waals surface area contributed by atoms with Crippen molar-refractivity contribution in [3.05, 3.63) is 29.6 Å². The molecule has 0 aromatic heterocycles. The third-order valence-corrected chi connectivity index (χ3v) is 3.90. The zero-order chi connectivity index (χ0) is 15.3. The minimum Gasteiger partial charge on any atom is -0.385 e. The summed E-state index contributed by atoms with van der Waals surface area (Å²) in [5.74, 6) is -0.152. The van der Waals surface area contributed by atoms with Gasteiger partial charge in [0.05, 0.1) is 0 Å². The van der Waals surface area contributed by atoms with E-state index < -0.39 is 0 Å². The molecule has 1 aromatic carbocycles. The van der Waals surface area contributed by atoms with Crippen LogP contribution in [0.1, 0.15) is 76.7 Å².